The molecule has 4 rings (SSSR count). The Kier molecular flexibility index (Phi) is 5.80. The summed E-state index contributed by atoms with van der Waals surface area (Å²) in [4.78, 5) is 17.5. The maximum Gasteiger partial charge on any atom is 0.219 e. The largest absolute Gasteiger partial charge is 0.489 e. The first-order valence-corrected chi connectivity index (χ1v) is 10.2. The maximum atomic E-state index is 14.9. The van der Waals surface area contributed by atoms with Crippen molar-refractivity contribution in [2.24, 2.45) is 0 Å². The second-order valence-electron chi connectivity index (χ2n) is 7.81. The van der Waals surface area contributed by atoms with E-state index in [2.05, 4.69) is 10.1 Å². The van der Waals surface area contributed by atoms with Crippen molar-refractivity contribution in [1.82, 2.24) is 19.7 Å². The number of carbonyl (C=O) groups excluding carboxylic acids is 1. The van der Waals surface area contributed by atoms with Crippen molar-refractivity contribution in [3.63, 3.8) is 0 Å². The molecule has 2 aromatic rings. The Morgan fingerprint density at radius 2 is 2.14 bits per heavy atom. The summed E-state index contributed by atoms with van der Waals surface area (Å²) in [6.07, 6.45) is 7.04. The Bertz CT molecular complexity index is 825. The molecule has 1 amide bonds. The van der Waals surface area contributed by atoms with Crippen molar-refractivity contribution in [2.45, 2.75) is 50.9 Å². The number of piperidine rings is 1. The SMILES string of the molecule is CC(=O)N1CCC(F)(COc2ccc(-c3ccnn3C3CCCCO3)nc2)CC1. The van der Waals surface area contributed by atoms with Gasteiger partial charge in [0.05, 0.1) is 17.6 Å². The number of ether oxygens (including phenoxy) is 2. The molecule has 1 unspecified atom stereocenters. The van der Waals surface area contributed by atoms with Gasteiger partial charge in [-0.25, -0.2) is 9.07 Å². The zero-order valence-electron chi connectivity index (χ0n) is 16.7. The molecule has 2 saturated heterocycles. The van der Waals surface area contributed by atoms with Crippen LogP contribution in [0.4, 0.5) is 4.39 Å². The fraction of sp³-hybridized carbons (Fsp3) is 0.571. The lowest BCUT2D eigenvalue weighted by molar-refractivity contribution is -0.131. The van der Waals surface area contributed by atoms with Gasteiger partial charge in [0.25, 0.3) is 0 Å². The summed E-state index contributed by atoms with van der Waals surface area (Å²) in [7, 11) is 0. The lowest BCUT2D eigenvalue weighted by Crippen LogP contribution is -2.46. The Labute approximate surface area is 169 Å². The van der Waals surface area contributed by atoms with Crippen LogP contribution in [0, 0.1) is 0 Å². The quantitative estimate of drug-likeness (QED) is 0.767. The molecule has 156 valence electrons. The van der Waals surface area contributed by atoms with Crippen LogP contribution >= 0.6 is 0 Å². The van der Waals surface area contributed by atoms with Crippen molar-refractivity contribution in [1.29, 1.82) is 0 Å². The summed E-state index contributed by atoms with van der Waals surface area (Å²) < 4.78 is 28.3. The maximum absolute atomic E-state index is 14.9. The number of likely N-dealkylation sites (tertiary alicyclic amines) is 1. The fourth-order valence-corrected chi connectivity index (χ4v) is 3.86. The van der Waals surface area contributed by atoms with Gasteiger partial charge >= 0.3 is 0 Å². The van der Waals surface area contributed by atoms with Crippen molar-refractivity contribution >= 4 is 5.91 Å². The second kappa shape index (κ2) is 8.49. The number of halogens is 1. The van der Waals surface area contributed by atoms with E-state index in [1.165, 1.54) is 6.92 Å². The molecule has 7 nitrogen and oxygen atoms in total. The molecule has 2 aliphatic heterocycles. The van der Waals surface area contributed by atoms with Crippen LogP contribution in [0.3, 0.4) is 0 Å². The Morgan fingerprint density at radius 1 is 1.31 bits per heavy atom. The predicted molar refractivity (Wildman–Crippen MR) is 105 cm³/mol. The van der Waals surface area contributed by atoms with E-state index in [0.717, 1.165) is 37.3 Å². The molecule has 0 radical (unpaired) electrons. The summed E-state index contributed by atoms with van der Waals surface area (Å²) in [6, 6.07) is 5.57. The molecule has 29 heavy (non-hydrogen) atoms. The van der Waals surface area contributed by atoms with E-state index in [4.69, 9.17) is 9.47 Å². The van der Waals surface area contributed by atoms with E-state index in [1.54, 1.807) is 23.4 Å². The summed E-state index contributed by atoms with van der Waals surface area (Å²) in [5.41, 5.74) is 0.248. The highest BCUT2D eigenvalue weighted by atomic mass is 19.1. The molecule has 0 saturated carbocycles. The van der Waals surface area contributed by atoms with Gasteiger partial charge in [-0.15, -0.1) is 0 Å². The fourth-order valence-electron chi connectivity index (χ4n) is 3.86. The van der Waals surface area contributed by atoms with Gasteiger partial charge < -0.3 is 14.4 Å². The van der Waals surface area contributed by atoms with Gasteiger partial charge in [-0.05, 0) is 37.5 Å². The average molecular weight is 402 g/mol. The first-order chi connectivity index (χ1) is 14.0. The second-order valence-corrected chi connectivity index (χ2v) is 7.81. The molecule has 0 aromatic carbocycles. The third-order valence-electron chi connectivity index (χ3n) is 5.70. The number of carbonyl (C=O) groups is 1. The molecular formula is C21H27FN4O3. The summed E-state index contributed by atoms with van der Waals surface area (Å²) >= 11 is 0. The van der Waals surface area contributed by atoms with Crippen LogP contribution < -0.4 is 4.74 Å². The number of nitrogens with zero attached hydrogens (tertiary/aromatic N) is 4. The molecule has 4 heterocycles. The Morgan fingerprint density at radius 3 is 2.79 bits per heavy atom. The normalized spacial score (nSPS) is 21.7. The Balaban J connectivity index is 1.37. The first kappa shape index (κ1) is 19.8. The third kappa shape index (κ3) is 4.58. The van der Waals surface area contributed by atoms with Crippen LogP contribution in [-0.2, 0) is 9.53 Å². The highest BCUT2D eigenvalue weighted by molar-refractivity contribution is 5.73. The van der Waals surface area contributed by atoms with E-state index >= 15 is 0 Å². The lowest BCUT2D eigenvalue weighted by Gasteiger charge is -2.35. The predicted octanol–water partition coefficient (Wildman–Crippen LogP) is 3.37. The topological polar surface area (TPSA) is 69.5 Å². The lowest BCUT2D eigenvalue weighted by atomic mass is 9.94. The van der Waals surface area contributed by atoms with E-state index in [0.29, 0.717) is 31.7 Å². The standard InChI is InChI=1S/C21H27FN4O3/c1-16(27)25-11-8-21(22,9-12-25)15-29-17-5-6-18(23-14-17)19-7-10-24-26(19)20-4-2-3-13-28-20/h5-7,10,14,20H,2-4,8-9,11-13,15H2,1H3. The van der Waals surface area contributed by atoms with E-state index in [9.17, 15) is 9.18 Å². The molecule has 1 atom stereocenters. The molecular weight excluding hydrogens is 375 g/mol. The minimum absolute atomic E-state index is 0.00868. The smallest absolute Gasteiger partial charge is 0.219 e. The molecule has 0 spiro atoms. The van der Waals surface area contributed by atoms with Crippen LogP contribution in [0.5, 0.6) is 5.75 Å². The van der Waals surface area contributed by atoms with Crippen molar-refractivity contribution in [3.05, 3.63) is 30.6 Å². The van der Waals surface area contributed by atoms with E-state index in [1.807, 2.05) is 16.8 Å². The van der Waals surface area contributed by atoms with Gasteiger partial charge in [-0.1, -0.05) is 0 Å². The highest BCUT2D eigenvalue weighted by Gasteiger charge is 2.36. The van der Waals surface area contributed by atoms with E-state index < -0.39 is 5.67 Å². The van der Waals surface area contributed by atoms with E-state index in [-0.39, 0.29) is 18.7 Å². The first-order valence-electron chi connectivity index (χ1n) is 10.2. The molecule has 0 aliphatic carbocycles. The molecule has 0 bridgehead atoms. The molecule has 0 N–H and O–H groups in total. The minimum Gasteiger partial charge on any atom is -0.489 e. The number of hydrogen-bond donors (Lipinski definition) is 0. The molecule has 2 aromatic heterocycles. The van der Waals surface area contributed by atoms with Crippen LogP contribution in [0.25, 0.3) is 11.4 Å². The summed E-state index contributed by atoms with van der Waals surface area (Å²) in [5.74, 6) is 0.519. The third-order valence-corrected chi connectivity index (χ3v) is 5.70. The van der Waals surface area contributed by atoms with Gasteiger partial charge in [0.2, 0.25) is 5.91 Å². The summed E-state index contributed by atoms with van der Waals surface area (Å²) in [5, 5.41) is 4.41. The monoisotopic (exact) mass is 402 g/mol. The van der Waals surface area contributed by atoms with Crippen molar-refractivity contribution < 1.29 is 18.7 Å². The van der Waals surface area contributed by atoms with Crippen LogP contribution in [0.15, 0.2) is 30.6 Å². The molecule has 2 aliphatic rings. The number of rotatable bonds is 5. The number of amides is 1. The molecule has 8 heteroatoms. The molecule has 2 fully saturated rings. The van der Waals surface area contributed by atoms with Gasteiger partial charge in [0.15, 0.2) is 6.23 Å². The zero-order chi connectivity index (χ0) is 20.3. The van der Waals surface area contributed by atoms with Gasteiger partial charge in [-0.3, -0.25) is 9.78 Å². The van der Waals surface area contributed by atoms with Crippen molar-refractivity contribution in [2.75, 3.05) is 26.3 Å². The average Bonchev–Trinajstić information content (AvgIpc) is 3.24. The number of alkyl halides is 1. The highest BCUT2D eigenvalue weighted by Crippen LogP contribution is 2.30. The Hall–Kier alpha value is -2.48. The van der Waals surface area contributed by atoms with Crippen LogP contribution in [0.2, 0.25) is 0 Å². The number of aromatic nitrogens is 3. The van der Waals surface area contributed by atoms with Gasteiger partial charge in [0, 0.05) is 45.7 Å². The van der Waals surface area contributed by atoms with Crippen molar-refractivity contribution in [3.8, 4) is 17.1 Å². The van der Waals surface area contributed by atoms with Gasteiger partial charge in [-0.2, -0.15) is 5.10 Å². The summed E-state index contributed by atoms with van der Waals surface area (Å²) in [6.45, 7) is 3.09. The van der Waals surface area contributed by atoms with Crippen LogP contribution in [0.1, 0.15) is 45.3 Å². The number of hydrogen-bond acceptors (Lipinski definition) is 5. The minimum atomic E-state index is -1.42. The number of pyridine rings is 1. The van der Waals surface area contributed by atoms with Crippen LogP contribution in [-0.4, -0.2) is 57.5 Å². The van der Waals surface area contributed by atoms with Gasteiger partial charge in [0.1, 0.15) is 18.0 Å². The zero-order valence-corrected chi connectivity index (χ0v) is 16.7.